The molecule has 6 nitrogen and oxygen atoms in total. The number of carbonyl (C=O) groups is 1. The van der Waals surface area contributed by atoms with Crippen LogP contribution < -0.4 is 15.8 Å². The largest absolute Gasteiger partial charge is 0.493 e. The van der Waals surface area contributed by atoms with E-state index in [0.717, 1.165) is 17.7 Å². The van der Waals surface area contributed by atoms with Gasteiger partial charge in [-0.05, 0) is 42.0 Å². The number of aromatic nitrogens is 1. The van der Waals surface area contributed by atoms with Gasteiger partial charge in [0.2, 0.25) is 0 Å². The molecular weight excluding hydrogens is 326 g/mol. The molecule has 7 heteroatoms. The van der Waals surface area contributed by atoms with Crippen LogP contribution in [0.5, 0.6) is 5.75 Å². The summed E-state index contributed by atoms with van der Waals surface area (Å²) in [7, 11) is 0. The van der Waals surface area contributed by atoms with E-state index in [0.29, 0.717) is 30.3 Å². The number of benzene rings is 1. The Bertz CT molecular complexity index is 770. The highest BCUT2D eigenvalue weighted by atomic mass is 32.1. The first-order chi connectivity index (χ1) is 11.6. The first-order valence-electron chi connectivity index (χ1n) is 8.05. The van der Waals surface area contributed by atoms with Crippen LogP contribution in [0.3, 0.4) is 0 Å². The topological polar surface area (TPSA) is 97.5 Å². The van der Waals surface area contributed by atoms with Crippen molar-refractivity contribution in [1.82, 2.24) is 10.3 Å². The fourth-order valence-electron chi connectivity index (χ4n) is 3.38. The van der Waals surface area contributed by atoms with Gasteiger partial charge in [-0.25, -0.2) is 4.98 Å². The minimum absolute atomic E-state index is 0.144. The molecule has 4 rings (SSSR count). The molecule has 1 aromatic carbocycles. The number of rotatable bonds is 4. The number of aliphatic hydroxyl groups is 1. The summed E-state index contributed by atoms with van der Waals surface area (Å²) in [6, 6.07) is 5.92. The van der Waals surface area contributed by atoms with E-state index in [1.54, 1.807) is 5.38 Å². The van der Waals surface area contributed by atoms with Crippen LogP contribution in [-0.2, 0) is 6.42 Å². The average molecular weight is 345 g/mol. The monoisotopic (exact) mass is 345 g/mol. The lowest BCUT2D eigenvalue weighted by molar-refractivity contribution is 0.0234. The quantitative estimate of drug-likeness (QED) is 0.786. The van der Waals surface area contributed by atoms with Crippen molar-refractivity contribution in [2.75, 3.05) is 12.3 Å². The lowest BCUT2D eigenvalue weighted by Gasteiger charge is -2.38. The fraction of sp³-hybridized carbons (Fsp3) is 0.412. The number of thiazole rings is 1. The second-order valence-corrected chi connectivity index (χ2v) is 7.26. The van der Waals surface area contributed by atoms with E-state index in [4.69, 9.17) is 10.5 Å². The van der Waals surface area contributed by atoms with Crippen molar-refractivity contribution in [3.05, 3.63) is 40.4 Å². The number of hydrogen-bond acceptors (Lipinski definition) is 6. The summed E-state index contributed by atoms with van der Waals surface area (Å²) >= 11 is 1.25. The van der Waals surface area contributed by atoms with Crippen LogP contribution in [0.2, 0.25) is 0 Å². The molecule has 0 unspecified atom stereocenters. The van der Waals surface area contributed by atoms with E-state index >= 15 is 0 Å². The number of hydrogen-bond donors (Lipinski definition) is 3. The van der Waals surface area contributed by atoms with Crippen molar-refractivity contribution in [3.8, 4) is 5.75 Å². The Kier molecular flexibility index (Phi) is 3.90. The van der Waals surface area contributed by atoms with Crippen LogP contribution in [0.1, 0.15) is 40.5 Å². The number of anilines is 1. The van der Waals surface area contributed by atoms with Crippen LogP contribution in [0.4, 0.5) is 5.13 Å². The minimum atomic E-state index is -0.276. The summed E-state index contributed by atoms with van der Waals surface area (Å²) in [5.41, 5.74) is 8.17. The molecule has 0 radical (unpaired) electrons. The van der Waals surface area contributed by atoms with Gasteiger partial charge in [0, 0.05) is 11.8 Å². The second-order valence-electron chi connectivity index (χ2n) is 6.37. The maximum atomic E-state index is 12.5. The summed E-state index contributed by atoms with van der Waals surface area (Å²) in [4.78, 5) is 16.5. The molecule has 126 valence electrons. The maximum Gasteiger partial charge on any atom is 0.271 e. The van der Waals surface area contributed by atoms with Gasteiger partial charge in [-0.3, -0.25) is 4.79 Å². The van der Waals surface area contributed by atoms with Gasteiger partial charge in [0.25, 0.3) is 5.91 Å². The van der Waals surface area contributed by atoms with Gasteiger partial charge < -0.3 is 20.9 Å². The van der Waals surface area contributed by atoms with Crippen LogP contribution in [0.15, 0.2) is 23.6 Å². The van der Waals surface area contributed by atoms with Gasteiger partial charge in [-0.2, -0.15) is 0 Å². The van der Waals surface area contributed by atoms with Crippen molar-refractivity contribution in [2.24, 2.45) is 5.92 Å². The number of nitrogen functional groups attached to an aromatic ring is 1. The SMILES string of the molecule is Nc1nc(C(=O)N[C@H](c2ccc3c(c2)CCO3)C2CC(O)C2)cs1. The number of fused-ring (bicyclic) bond motifs is 1. The molecule has 4 N–H and O–H groups in total. The zero-order chi connectivity index (χ0) is 16.7. The van der Waals surface area contributed by atoms with E-state index in [2.05, 4.69) is 16.4 Å². The smallest absolute Gasteiger partial charge is 0.271 e. The van der Waals surface area contributed by atoms with Gasteiger partial charge >= 0.3 is 0 Å². The summed E-state index contributed by atoms with van der Waals surface area (Å²) < 4.78 is 5.55. The van der Waals surface area contributed by atoms with Crippen LogP contribution in [-0.4, -0.2) is 28.7 Å². The Labute approximate surface area is 143 Å². The van der Waals surface area contributed by atoms with Crippen LogP contribution in [0, 0.1) is 5.92 Å². The lowest BCUT2D eigenvalue weighted by Crippen LogP contribution is -2.41. The fourth-order valence-corrected chi connectivity index (χ4v) is 3.93. The first-order valence-corrected chi connectivity index (χ1v) is 8.93. The molecule has 1 amide bonds. The van der Waals surface area contributed by atoms with E-state index in [1.807, 2.05) is 12.1 Å². The lowest BCUT2D eigenvalue weighted by atomic mass is 9.75. The number of nitrogens with one attached hydrogen (secondary N) is 1. The third-order valence-corrected chi connectivity index (χ3v) is 5.41. The standard InChI is InChI=1S/C17H19N3O3S/c18-17-19-13(8-24-17)16(22)20-15(11-6-12(21)7-11)10-1-2-14-9(5-10)3-4-23-14/h1-2,5,8,11-12,15,21H,3-4,6-7H2,(H2,18,19)(H,20,22)/t11?,12?,15-/m1/s1. The molecule has 2 aromatic rings. The van der Waals surface area contributed by atoms with Gasteiger partial charge in [0.05, 0.1) is 18.8 Å². The summed E-state index contributed by atoms with van der Waals surface area (Å²) in [6.07, 6.45) is 2.00. The molecule has 0 bridgehead atoms. The highest BCUT2D eigenvalue weighted by molar-refractivity contribution is 7.13. The summed E-state index contributed by atoms with van der Waals surface area (Å²) in [6.45, 7) is 0.704. The second kappa shape index (κ2) is 6.07. The maximum absolute atomic E-state index is 12.5. The summed E-state index contributed by atoms with van der Waals surface area (Å²) in [5, 5.41) is 14.8. The number of nitrogens with two attached hydrogens (primary N) is 1. The highest BCUT2D eigenvalue weighted by Gasteiger charge is 2.36. The molecule has 2 heterocycles. The molecule has 1 aliphatic heterocycles. The Morgan fingerprint density at radius 2 is 2.29 bits per heavy atom. The number of ether oxygens (including phenoxy) is 1. The zero-order valence-electron chi connectivity index (χ0n) is 13.1. The number of aliphatic hydroxyl groups excluding tert-OH is 1. The van der Waals surface area contributed by atoms with Crippen molar-refractivity contribution in [2.45, 2.75) is 31.4 Å². The van der Waals surface area contributed by atoms with E-state index in [9.17, 15) is 9.90 Å². The summed E-state index contributed by atoms with van der Waals surface area (Å²) in [5.74, 6) is 0.913. The molecular formula is C17H19N3O3S. The van der Waals surface area contributed by atoms with E-state index in [1.165, 1.54) is 16.9 Å². The third kappa shape index (κ3) is 2.85. The predicted octanol–water partition coefficient (Wildman–Crippen LogP) is 1.90. The van der Waals surface area contributed by atoms with Gasteiger partial charge in [-0.1, -0.05) is 6.07 Å². The first kappa shape index (κ1) is 15.4. The molecule has 24 heavy (non-hydrogen) atoms. The molecule has 0 saturated heterocycles. The molecule has 1 atom stereocenters. The van der Waals surface area contributed by atoms with Crippen LogP contribution in [0.25, 0.3) is 0 Å². The van der Waals surface area contributed by atoms with Crippen molar-refractivity contribution >= 4 is 22.4 Å². The Morgan fingerprint density at radius 1 is 1.46 bits per heavy atom. The molecule has 1 saturated carbocycles. The van der Waals surface area contributed by atoms with Crippen molar-refractivity contribution < 1.29 is 14.6 Å². The molecule has 1 fully saturated rings. The average Bonchev–Trinajstić information content (AvgIpc) is 3.17. The van der Waals surface area contributed by atoms with Gasteiger partial charge in [0.15, 0.2) is 5.13 Å². The highest BCUT2D eigenvalue weighted by Crippen LogP contribution is 2.40. The zero-order valence-corrected chi connectivity index (χ0v) is 13.9. The Morgan fingerprint density at radius 3 is 3.00 bits per heavy atom. The van der Waals surface area contributed by atoms with E-state index < -0.39 is 0 Å². The molecule has 1 aromatic heterocycles. The Hall–Kier alpha value is -2.12. The number of nitrogens with zero attached hydrogens (tertiary/aromatic N) is 1. The van der Waals surface area contributed by atoms with Crippen molar-refractivity contribution in [1.29, 1.82) is 0 Å². The third-order valence-electron chi connectivity index (χ3n) is 4.73. The Balaban J connectivity index is 1.58. The van der Waals surface area contributed by atoms with Gasteiger partial charge in [0.1, 0.15) is 11.4 Å². The number of amides is 1. The number of carbonyl (C=O) groups excluding carboxylic acids is 1. The molecule has 0 spiro atoms. The van der Waals surface area contributed by atoms with Gasteiger partial charge in [-0.15, -0.1) is 11.3 Å². The van der Waals surface area contributed by atoms with Crippen LogP contribution >= 0.6 is 11.3 Å². The molecule has 2 aliphatic rings. The molecule has 1 aliphatic carbocycles. The normalized spacial score (nSPS) is 23.0. The van der Waals surface area contributed by atoms with E-state index in [-0.39, 0.29) is 24.0 Å². The minimum Gasteiger partial charge on any atom is -0.493 e. The van der Waals surface area contributed by atoms with Crippen molar-refractivity contribution in [3.63, 3.8) is 0 Å². The predicted molar refractivity (Wildman–Crippen MR) is 91.1 cm³/mol.